The highest BCUT2D eigenvalue weighted by Crippen LogP contribution is 2.36. The minimum atomic E-state index is -3.31. The van der Waals surface area contributed by atoms with Gasteiger partial charge >= 0.3 is 6.09 Å². The lowest BCUT2D eigenvalue weighted by molar-refractivity contribution is -0.0526. The van der Waals surface area contributed by atoms with Crippen LogP contribution >= 0.6 is 0 Å². The van der Waals surface area contributed by atoms with E-state index in [1.54, 1.807) is 20.8 Å². The summed E-state index contributed by atoms with van der Waals surface area (Å²) in [6.07, 6.45) is 1.52. The molecule has 1 unspecified atom stereocenters. The van der Waals surface area contributed by atoms with E-state index in [1.165, 1.54) is 29.3 Å². The van der Waals surface area contributed by atoms with Gasteiger partial charge in [0.1, 0.15) is 17.5 Å². The van der Waals surface area contributed by atoms with Crippen molar-refractivity contribution in [3.8, 4) is 17.0 Å². The van der Waals surface area contributed by atoms with Gasteiger partial charge in [0.2, 0.25) is 5.88 Å². The molecule has 0 aliphatic carbocycles. The number of ether oxygens (including phenoxy) is 1. The normalized spacial score (nSPS) is 21.3. The topological polar surface area (TPSA) is 158 Å². The van der Waals surface area contributed by atoms with Gasteiger partial charge in [0.05, 0.1) is 12.2 Å². The van der Waals surface area contributed by atoms with Crippen molar-refractivity contribution in [3.05, 3.63) is 30.2 Å². The van der Waals surface area contributed by atoms with Gasteiger partial charge in [-0.3, -0.25) is 9.48 Å². The molecular formula is C21H28FN5O6S. The van der Waals surface area contributed by atoms with E-state index in [-0.39, 0.29) is 30.3 Å². The number of amides is 2. The molecule has 1 aliphatic rings. The second-order valence-corrected chi connectivity index (χ2v) is 11.6. The highest BCUT2D eigenvalue weighted by Gasteiger charge is 2.48. The Morgan fingerprint density at radius 1 is 1.29 bits per heavy atom. The summed E-state index contributed by atoms with van der Waals surface area (Å²) in [5.74, 6) is -1.32. The van der Waals surface area contributed by atoms with Crippen LogP contribution in [0.1, 0.15) is 37.6 Å². The lowest BCUT2D eigenvalue weighted by atomic mass is 9.78. The quantitative estimate of drug-likeness (QED) is 0.613. The summed E-state index contributed by atoms with van der Waals surface area (Å²) in [6, 6.07) is 0.452. The highest BCUT2D eigenvalue weighted by molar-refractivity contribution is 7.89. The van der Waals surface area contributed by atoms with Crippen molar-refractivity contribution in [2.75, 3.05) is 12.8 Å². The lowest BCUT2D eigenvalue weighted by Crippen LogP contribution is -2.60. The van der Waals surface area contributed by atoms with E-state index in [0.29, 0.717) is 11.1 Å². The van der Waals surface area contributed by atoms with E-state index in [4.69, 9.17) is 10.5 Å². The van der Waals surface area contributed by atoms with Gasteiger partial charge < -0.3 is 20.5 Å². The van der Waals surface area contributed by atoms with Crippen LogP contribution in [0, 0.1) is 5.41 Å². The number of aromatic nitrogens is 3. The zero-order valence-corrected chi connectivity index (χ0v) is 20.1. The van der Waals surface area contributed by atoms with Gasteiger partial charge in [-0.2, -0.15) is 5.10 Å². The van der Waals surface area contributed by atoms with Crippen LogP contribution in [-0.4, -0.2) is 76.3 Å². The first-order valence-electron chi connectivity index (χ1n) is 10.5. The Bertz CT molecular complexity index is 1190. The summed E-state index contributed by atoms with van der Waals surface area (Å²) in [7, 11) is -3.31. The molecule has 1 fully saturated rings. The van der Waals surface area contributed by atoms with Crippen molar-refractivity contribution in [3.63, 3.8) is 0 Å². The third kappa shape index (κ3) is 5.64. The molecule has 3 rings (SSSR count). The Balaban J connectivity index is 1.88. The minimum absolute atomic E-state index is 0.0614. The number of primary amides is 1. The van der Waals surface area contributed by atoms with Gasteiger partial charge in [-0.25, -0.2) is 22.6 Å². The molecule has 0 aromatic carbocycles. The van der Waals surface area contributed by atoms with Gasteiger partial charge in [0.15, 0.2) is 16.0 Å². The molecule has 13 heteroatoms. The van der Waals surface area contributed by atoms with Crippen LogP contribution in [0.5, 0.6) is 5.88 Å². The van der Waals surface area contributed by atoms with Crippen LogP contribution in [0.25, 0.3) is 11.1 Å². The number of likely N-dealkylation sites (tertiary alicyclic amines) is 1. The minimum Gasteiger partial charge on any atom is -0.471 e. The molecule has 0 spiro atoms. The third-order valence-corrected chi connectivity index (χ3v) is 6.23. The van der Waals surface area contributed by atoms with Crippen LogP contribution in [0.4, 0.5) is 9.18 Å². The first-order chi connectivity index (χ1) is 15.7. The molecule has 0 bridgehead atoms. The molecule has 3 heterocycles. The van der Waals surface area contributed by atoms with Gasteiger partial charge in [-0.05, 0) is 11.5 Å². The molecule has 1 saturated heterocycles. The second kappa shape index (κ2) is 9.20. The SMILES string of the molecule is CC(C)(C)C1[C@H](F)[C@H](Oc2ncc(-c3cnn(CS(C)(=O)=O)c3)cc2C(N)=O)CCN1C(=O)O. The van der Waals surface area contributed by atoms with E-state index >= 15 is 4.39 Å². The third-order valence-electron chi connectivity index (χ3n) is 5.49. The number of alkyl halides is 1. The van der Waals surface area contributed by atoms with Crippen molar-refractivity contribution in [1.29, 1.82) is 0 Å². The first-order valence-corrected chi connectivity index (χ1v) is 12.5. The molecule has 3 atom stereocenters. The Morgan fingerprint density at radius 2 is 1.97 bits per heavy atom. The van der Waals surface area contributed by atoms with E-state index in [2.05, 4.69) is 10.1 Å². The zero-order chi connectivity index (χ0) is 25.4. The number of hydrogen-bond acceptors (Lipinski definition) is 7. The fourth-order valence-corrected chi connectivity index (χ4v) is 4.69. The number of sulfone groups is 1. The van der Waals surface area contributed by atoms with Crippen molar-refractivity contribution >= 4 is 21.8 Å². The standard InChI is InChI=1S/C21H28FN5O6S/c1-21(2,3)17-16(22)15(5-6-27(17)20(29)30)33-19-14(18(23)28)7-12(8-24-19)13-9-25-26(10-13)11-34(4,31)32/h7-10,15-17H,5-6,11H2,1-4H3,(H2,23,28)(H,29,30)/t15-,16-,17?/m1/s1. The molecule has 3 N–H and O–H groups in total. The number of carboxylic acid groups (broad SMARTS) is 1. The molecule has 2 aromatic rings. The monoisotopic (exact) mass is 497 g/mol. The van der Waals surface area contributed by atoms with Crippen LogP contribution in [-0.2, 0) is 15.7 Å². The van der Waals surface area contributed by atoms with E-state index in [1.807, 2.05) is 0 Å². The maximum absolute atomic E-state index is 15.5. The molecule has 2 amide bonds. The molecule has 11 nitrogen and oxygen atoms in total. The molecule has 0 radical (unpaired) electrons. The Hall–Kier alpha value is -3.22. The maximum atomic E-state index is 15.5. The van der Waals surface area contributed by atoms with Crippen LogP contribution in [0.3, 0.4) is 0 Å². The Morgan fingerprint density at radius 3 is 2.53 bits per heavy atom. The summed E-state index contributed by atoms with van der Waals surface area (Å²) < 4.78 is 45.4. The van der Waals surface area contributed by atoms with Crippen molar-refractivity contribution in [1.82, 2.24) is 19.7 Å². The number of halogens is 1. The first kappa shape index (κ1) is 25.4. The van der Waals surface area contributed by atoms with Crippen LogP contribution in [0.2, 0.25) is 0 Å². The summed E-state index contributed by atoms with van der Waals surface area (Å²) in [4.78, 5) is 29.0. The average Bonchev–Trinajstić information content (AvgIpc) is 3.14. The van der Waals surface area contributed by atoms with Gasteiger partial charge in [-0.15, -0.1) is 0 Å². The number of rotatable bonds is 6. The lowest BCUT2D eigenvalue weighted by Gasteiger charge is -2.46. The summed E-state index contributed by atoms with van der Waals surface area (Å²) >= 11 is 0. The maximum Gasteiger partial charge on any atom is 0.407 e. The van der Waals surface area contributed by atoms with Gasteiger partial charge in [-0.1, -0.05) is 20.8 Å². The molecule has 34 heavy (non-hydrogen) atoms. The van der Waals surface area contributed by atoms with Crippen molar-refractivity contribution in [2.45, 2.75) is 51.4 Å². The fourth-order valence-electron chi connectivity index (χ4n) is 4.07. The fraction of sp³-hybridized carbons (Fsp3) is 0.524. The molecule has 1 aliphatic heterocycles. The molecule has 2 aromatic heterocycles. The summed E-state index contributed by atoms with van der Waals surface area (Å²) in [5, 5.41) is 13.5. The largest absolute Gasteiger partial charge is 0.471 e. The number of carbonyl (C=O) groups is 2. The molecule has 186 valence electrons. The highest BCUT2D eigenvalue weighted by atomic mass is 32.2. The Labute approximate surface area is 196 Å². The number of hydrogen-bond donors (Lipinski definition) is 2. The summed E-state index contributed by atoms with van der Waals surface area (Å²) in [5.41, 5.74) is 5.65. The van der Waals surface area contributed by atoms with E-state index in [9.17, 15) is 23.1 Å². The smallest absolute Gasteiger partial charge is 0.407 e. The predicted molar refractivity (Wildman–Crippen MR) is 121 cm³/mol. The number of nitrogens with two attached hydrogens (primary N) is 1. The average molecular weight is 498 g/mol. The van der Waals surface area contributed by atoms with E-state index in [0.717, 1.165) is 11.2 Å². The van der Waals surface area contributed by atoms with Gasteiger partial charge in [0, 0.05) is 42.7 Å². The molecular weight excluding hydrogens is 469 g/mol. The number of piperidine rings is 1. The number of pyridine rings is 1. The second-order valence-electron chi connectivity index (χ2n) is 9.44. The van der Waals surface area contributed by atoms with Crippen LogP contribution in [0.15, 0.2) is 24.7 Å². The predicted octanol–water partition coefficient (Wildman–Crippen LogP) is 1.93. The van der Waals surface area contributed by atoms with Gasteiger partial charge in [0.25, 0.3) is 5.91 Å². The van der Waals surface area contributed by atoms with Crippen LogP contribution < -0.4 is 10.5 Å². The molecule has 0 saturated carbocycles. The van der Waals surface area contributed by atoms with Crippen molar-refractivity contribution in [2.24, 2.45) is 11.1 Å². The Kier molecular flexibility index (Phi) is 6.87. The van der Waals surface area contributed by atoms with Crippen molar-refractivity contribution < 1.29 is 32.2 Å². The number of carbonyl (C=O) groups excluding carboxylic acids is 1. The zero-order valence-electron chi connectivity index (χ0n) is 19.3. The van der Waals surface area contributed by atoms with E-state index < -0.39 is 45.6 Å². The number of nitrogens with zero attached hydrogens (tertiary/aromatic N) is 4. The summed E-state index contributed by atoms with van der Waals surface area (Å²) in [6.45, 7) is 5.29.